The molecule has 0 aliphatic carbocycles. The molecule has 2 aromatic rings. The fourth-order valence-electron chi connectivity index (χ4n) is 2.37. The quantitative estimate of drug-likeness (QED) is 0.855. The van der Waals surface area contributed by atoms with E-state index >= 15 is 0 Å². The molecule has 1 aliphatic rings. The fourth-order valence-corrected chi connectivity index (χ4v) is 4.18. The Balaban J connectivity index is 2.31. The monoisotopic (exact) mass is 300 g/mol. The van der Waals surface area contributed by atoms with Crippen LogP contribution in [0.4, 0.5) is 0 Å². The molecule has 5 heteroatoms. The number of hydrogen-bond donors (Lipinski definition) is 0. The predicted molar refractivity (Wildman–Crippen MR) is 78.9 cm³/mol. The van der Waals surface area contributed by atoms with E-state index in [2.05, 4.69) is 0 Å². The molecule has 0 atom stereocenters. The maximum absolute atomic E-state index is 12.8. The summed E-state index contributed by atoms with van der Waals surface area (Å²) in [6.45, 7) is 0. The lowest BCUT2D eigenvalue weighted by Crippen LogP contribution is -2.17. The lowest BCUT2D eigenvalue weighted by atomic mass is 10.1. The Morgan fingerprint density at radius 1 is 0.952 bits per heavy atom. The van der Waals surface area contributed by atoms with Crippen molar-refractivity contribution in [3.63, 3.8) is 0 Å². The minimum atomic E-state index is -3.80. The lowest BCUT2D eigenvalue weighted by molar-refractivity contribution is 0.104. The van der Waals surface area contributed by atoms with Crippen molar-refractivity contribution in [3.8, 4) is 5.75 Å². The normalized spacial score (nSPS) is 16.0. The number of fused-ring (bicyclic) bond motifs is 1. The first-order valence-corrected chi connectivity index (χ1v) is 7.77. The highest BCUT2D eigenvalue weighted by Crippen LogP contribution is 2.39. The molecule has 0 N–H and O–H groups in total. The fraction of sp³-hybridized carbons (Fsp3) is 0.0625. The molecule has 1 heterocycles. The topological polar surface area (TPSA) is 60.4 Å². The average Bonchev–Trinajstić information content (AvgIpc) is 2.51. The van der Waals surface area contributed by atoms with Gasteiger partial charge >= 0.3 is 0 Å². The van der Waals surface area contributed by atoms with Gasteiger partial charge in [-0.3, -0.25) is 4.79 Å². The first-order chi connectivity index (χ1) is 10.1. The minimum Gasteiger partial charge on any atom is -0.495 e. The first kappa shape index (κ1) is 13.6. The van der Waals surface area contributed by atoms with Crippen LogP contribution in [0.25, 0.3) is 4.91 Å². The summed E-state index contributed by atoms with van der Waals surface area (Å²) in [6, 6.07) is 13.2. The first-order valence-electron chi connectivity index (χ1n) is 6.29. The summed E-state index contributed by atoms with van der Waals surface area (Å²) in [5, 5.41) is 0. The summed E-state index contributed by atoms with van der Waals surface area (Å²) in [5.41, 5.74) is 0.636. The van der Waals surface area contributed by atoms with Gasteiger partial charge < -0.3 is 4.74 Å². The van der Waals surface area contributed by atoms with Gasteiger partial charge in [-0.25, -0.2) is 8.42 Å². The number of ether oxygens (including phenoxy) is 1. The van der Waals surface area contributed by atoms with E-state index in [9.17, 15) is 13.2 Å². The molecule has 0 unspecified atom stereocenters. The maximum Gasteiger partial charge on any atom is 0.211 e. The summed E-state index contributed by atoms with van der Waals surface area (Å²) in [5.74, 6) is -0.153. The maximum atomic E-state index is 12.8. The number of methoxy groups -OCH3 is 1. The lowest BCUT2D eigenvalue weighted by Gasteiger charge is -2.19. The zero-order valence-electron chi connectivity index (χ0n) is 11.2. The van der Waals surface area contributed by atoms with Crippen LogP contribution < -0.4 is 4.74 Å². The molecule has 0 saturated carbocycles. The van der Waals surface area contributed by atoms with Crippen LogP contribution in [0.15, 0.2) is 59.5 Å². The van der Waals surface area contributed by atoms with Gasteiger partial charge in [0, 0.05) is 11.6 Å². The Morgan fingerprint density at radius 3 is 2.33 bits per heavy atom. The second-order valence-corrected chi connectivity index (χ2v) is 6.43. The predicted octanol–water partition coefficient (Wildman–Crippen LogP) is 2.71. The van der Waals surface area contributed by atoms with Crippen LogP contribution in [-0.2, 0) is 9.84 Å². The Morgan fingerprint density at radius 2 is 1.67 bits per heavy atom. The van der Waals surface area contributed by atoms with E-state index < -0.39 is 9.84 Å². The number of ketones is 1. The molecule has 4 nitrogen and oxygen atoms in total. The standard InChI is InChI=1S/C16H12O4S/c1-20-14-9-5-8-12-13(17)10-15(21(18,19)16(12)14)11-6-3-2-4-7-11/h2-10H,1H3. The molecule has 0 spiro atoms. The van der Waals surface area contributed by atoms with Crippen LogP contribution in [-0.4, -0.2) is 21.3 Å². The Labute approximate surface area is 122 Å². The number of sulfone groups is 1. The molecule has 3 rings (SSSR count). The summed E-state index contributed by atoms with van der Waals surface area (Å²) in [6.07, 6.45) is 1.17. The third kappa shape index (κ3) is 2.06. The van der Waals surface area contributed by atoms with E-state index in [0.29, 0.717) is 5.56 Å². The van der Waals surface area contributed by atoms with Gasteiger partial charge in [-0.05, 0) is 17.7 Å². The molecule has 1 aliphatic heterocycles. The van der Waals surface area contributed by atoms with Gasteiger partial charge in [0.15, 0.2) is 5.78 Å². The van der Waals surface area contributed by atoms with Crippen molar-refractivity contribution in [1.82, 2.24) is 0 Å². The average molecular weight is 300 g/mol. The summed E-state index contributed by atoms with van der Waals surface area (Å²) in [7, 11) is -2.41. The molecular weight excluding hydrogens is 288 g/mol. The second-order valence-electron chi connectivity index (χ2n) is 4.58. The van der Waals surface area contributed by atoms with Crippen molar-refractivity contribution in [2.45, 2.75) is 4.90 Å². The molecule has 0 aromatic heterocycles. The van der Waals surface area contributed by atoms with E-state index in [0.717, 1.165) is 0 Å². The van der Waals surface area contributed by atoms with E-state index in [1.807, 2.05) is 0 Å². The Bertz CT molecular complexity index is 849. The third-order valence-corrected chi connectivity index (χ3v) is 5.23. The molecule has 21 heavy (non-hydrogen) atoms. The van der Waals surface area contributed by atoms with E-state index in [-0.39, 0.29) is 26.9 Å². The zero-order chi connectivity index (χ0) is 15.0. The van der Waals surface area contributed by atoms with E-state index in [1.165, 1.54) is 25.3 Å². The van der Waals surface area contributed by atoms with Crippen LogP contribution in [0.1, 0.15) is 15.9 Å². The van der Waals surface area contributed by atoms with Crippen LogP contribution >= 0.6 is 0 Å². The van der Waals surface area contributed by atoms with Crippen molar-refractivity contribution in [1.29, 1.82) is 0 Å². The van der Waals surface area contributed by atoms with Gasteiger partial charge in [0.05, 0.1) is 12.0 Å². The van der Waals surface area contributed by atoms with Gasteiger partial charge in [0.1, 0.15) is 10.6 Å². The number of hydrogen-bond acceptors (Lipinski definition) is 4. The largest absolute Gasteiger partial charge is 0.495 e. The van der Waals surface area contributed by atoms with Gasteiger partial charge in [-0.1, -0.05) is 36.4 Å². The third-order valence-electron chi connectivity index (χ3n) is 3.34. The summed E-state index contributed by atoms with van der Waals surface area (Å²) >= 11 is 0. The van der Waals surface area contributed by atoms with Crippen molar-refractivity contribution in [2.75, 3.05) is 7.11 Å². The van der Waals surface area contributed by atoms with Crippen molar-refractivity contribution in [2.24, 2.45) is 0 Å². The highest BCUT2D eigenvalue weighted by molar-refractivity contribution is 8.01. The number of rotatable bonds is 2. The van der Waals surface area contributed by atoms with Gasteiger partial charge in [-0.15, -0.1) is 0 Å². The number of allylic oxidation sites excluding steroid dienone is 1. The Hall–Kier alpha value is -2.40. The van der Waals surface area contributed by atoms with Gasteiger partial charge in [0.2, 0.25) is 9.84 Å². The molecule has 0 radical (unpaired) electrons. The van der Waals surface area contributed by atoms with Gasteiger partial charge in [-0.2, -0.15) is 0 Å². The number of carbonyl (C=O) groups excluding carboxylic acids is 1. The molecule has 0 saturated heterocycles. The molecule has 0 bridgehead atoms. The van der Waals surface area contributed by atoms with Crippen LogP contribution in [0, 0.1) is 0 Å². The minimum absolute atomic E-state index is 0.00472. The SMILES string of the molecule is COc1cccc2c1S(=O)(=O)C(c1ccccc1)=CC2=O. The van der Waals surface area contributed by atoms with E-state index in [1.54, 1.807) is 36.4 Å². The number of carbonyl (C=O) groups is 1. The second kappa shape index (κ2) is 4.86. The van der Waals surface area contributed by atoms with Crippen molar-refractivity contribution >= 4 is 20.5 Å². The zero-order valence-corrected chi connectivity index (χ0v) is 12.1. The molecule has 2 aromatic carbocycles. The molecule has 0 amide bonds. The van der Waals surface area contributed by atoms with Crippen LogP contribution in [0.2, 0.25) is 0 Å². The van der Waals surface area contributed by atoms with Crippen molar-refractivity contribution in [3.05, 3.63) is 65.7 Å². The summed E-state index contributed by atoms with van der Waals surface area (Å²) in [4.78, 5) is 12.2. The van der Waals surface area contributed by atoms with Crippen LogP contribution in [0.3, 0.4) is 0 Å². The summed E-state index contributed by atoms with van der Waals surface area (Å²) < 4.78 is 30.8. The van der Waals surface area contributed by atoms with Gasteiger partial charge in [0.25, 0.3) is 0 Å². The smallest absolute Gasteiger partial charge is 0.211 e. The highest BCUT2D eigenvalue weighted by Gasteiger charge is 2.35. The van der Waals surface area contributed by atoms with E-state index in [4.69, 9.17) is 4.74 Å². The highest BCUT2D eigenvalue weighted by atomic mass is 32.2. The Kier molecular flexibility index (Phi) is 3.14. The molecular formula is C16H12O4S. The molecule has 0 fully saturated rings. The number of benzene rings is 2. The van der Waals surface area contributed by atoms with Crippen molar-refractivity contribution < 1.29 is 17.9 Å². The molecule has 106 valence electrons. The van der Waals surface area contributed by atoms with Crippen LogP contribution in [0.5, 0.6) is 5.75 Å².